The standard InChI is InChI=1S/C13H15N3O2S/c1-16(2)12-7-5-11(6-8-12)15-19(17,18)13-4-3-9-14-10-13/h3-10,15H,1-2H3. The zero-order valence-corrected chi connectivity index (χ0v) is 11.6. The molecule has 0 atom stereocenters. The lowest BCUT2D eigenvalue weighted by atomic mass is 10.3. The molecule has 0 radical (unpaired) electrons. The van der Waals surface area contributed by atoms with Gasteiger partial charge >= 0.3 is 0 Å². The first-order valence-corrected chi connectivity index (χ1v) is 7.17. The number of sulfonamides is 1. The Kier molecular flexibility index (Phi) is 3.71. The van der Waals surface area contributed by atoms with E-state index in [4.69, 9.17) is 0 Å². The van der Waals surface area contributed by atoms with Gasteiger partial charge in [0.2, 0.25) is 0 Å². The van der Waals surface area contributed by atoms with Crippen LogP contribution in [0.4, 0.5) is 11.4 Å². The van der Waals surface area contributed by atoms with E-state index in [2.05, 4.69) is 9.71 Å². The van der Waals surface area contributed by atoms with Gasteiger partial charge in [0.15, 0.2) is 0 Å². The summed E-state index contributed by atoms with van der Waals surface area (Å²) >= 11 is 0. The van der Waals surface area contributed by atoms with E-state index in [0.717, 1.165) is 5.69 Å². The van der Waals surface area contributed by atoms with Gasteiger partial charge in [-0.3, -0.25) is 9.71 Å². The van der Waals surface area contributed by atoms with Gasteiger partial charge in [-0.1, -0.05) is 0 Å². The van der Waals surface area contributed by atoms with E-state index in [0.29, 0.717) is 5.69 Å². The van der Waals surface area contributed by atoms with Gasteiger partial charge in [-0.05, 0) is 36.4 Å². The van der Waals surface area contributed by atoms with Crippen LogP contribution in [0.1, 0.15) is 0 Å². The molecule has 2 aromatic rings. The molecule has 100 valence electrons. The van der Waals surface area contributed by atoms with Crippen molar-refractivity contribution < 1.29 is 8.42 Å². The van der Waals surface area contributed by atoms with E-state index in [-0.39, 0.29) is 4.90 Å². The molecule has 0 saturated carbocycles. The van der Waals surface area contributed by atoms with Crippen LogP contribution in [0.3, 0.4) is 0 Å². The minimum Gasteiger partial charge on any atom is -0.378 e. The highest BCUT2D eigenvalue weighted by Gasteiger charge is 2.13. The van der Waals surface area contributed by atoms with Gasteiger partial charge in [-0.15, -0.1) is 0 Å². The minimum absolute atomic E-state index is 0.145. The topological polar surface area (TPSA) is 62.3 Å². The average Bonchev–Trinajstić information content (AvgIpc) is 2.40. The van der Waals surface area contributed by atoms with Crippen molar-refractivity contribution >= 4 is 21.4 Å². The molecular formula is C13H15N3O2S. The predicted molar refractivity (Wildman–Crippen MR) is 75.8 cm³/mol. The molecule has 1 aromatic carbocycles. The van der Waals surface area contributed by atoms with Crippen molar-refractivity contribution in [3.63, 3.8) is 0 Å². The maximum absolute atomic E-state index is 12.1. The Morgan fingerprint density at radius 2 is 1.79 bits per heavy atom. The summed E-state index contributed by atoms with van der Waals surface area (Å²) in [4.78, 5) is 5.89. The quantitative estimate of drug-likeness (QED) is 0.928. The van der Waals surface area contributed by atoms with Crippen LogP contribution < -0.4 is 9.62 Å². The third kappa shape index (κ3) is 3.23. The normalized spacial score (nSPS) is 11.1. The van der Waals surface area contributed by atoms with Gasteiger partial charge in [-0.2, -0.15) is 0 Å². The molecule has 0 saturated heterocycles. The predicted octanol–water partition coefficient (Wildman–Crippen LogP) is 1.95. The van der Waals surface area contributed by atoms with Gasteiger partial charge in [0.25, 0.3) is 10.0 Å². The SMILES string of the molecule is CN(C)c1ccc(NS(=O)(=O)c2cccnc2)cc1. The first-order chi connectivity index (χ1) is 8.99. The van der Waals surface area contributed by atoms with Crippen LogP contribution in [0.15, 0.2) is 53.7 Å². The molecule has 0 amide bonds. The van der Waals surface area contributed by atoms with Crippen molar-refractivity contribution in [3.8, 4) is 0 Å². The van der Waals surface area contributed by atoms with Gasteiger partial charge in [0.1, 0.15) is 4.90 Å². The van der Waals surface area contributed by atoms with Gasteiger partial charge in [0, 0.05) is 37.9 Å². The molecule has 0 unspecified atom stereocenters. The molecule has 5 nitrogen and oxygen atoms in total. The summed E-state index contributed by atoms with van der Waals surface area (Å²) in [6, 6.07) is 10.2. The number of hydrogen-bond acceptors (Lipinski definition) is 4. The molecule has 0 bridgehead atoms. The fourth-order valence-electron chi connectivity index (χ4n) is 1.55. The van der Waals surface area contributed by atoms with E-state index in [9.17, 15) is 8.42 Å². The summed E-state index contributed by atoms with van der Waals surface area (Å²) in [7, 11) is 0.278. The summed E-state index contributed by atoms with van der Waals surface area (Å²) in [5.74, 6) is 0. The number of pyridine rings is 1. The van der Waals surface area contributed by atoms with Crippen molar-refractivity contribution in [2.24, 2.45) is 0 Å². The summed E-state index contributed by atoms with van der Waals surface area (Å²) in [5, 5.41) is 0. The minimum atomic E-state index is -3.57. The molecule has 0 spiro atoms. The fourth-order valence-corrected chi connectivity index (χ4v) is 2.57. The summed E-state index contributed by atoms with van der Waals surface area (Å²) in [5.41, 5.74) is 1.53. The van der Waals surface area contributed by atoms with Gasteiger partial charge < -0.3 is 4.90 Å². The van der Waals surface area contributed by atoms with Crippen molar-refractivity contribution in [2.75, 3.05) is 23.7 Å². The highest BCUT2D eigenvalue weighted by molar-refractivity contribution is 7.92. The van der Waals surface area contributed by atoms with Crippen LogP contribution in [0.5, 0.6) is 0 Å². The summed E-state index contributed by atoms with van der Waals surface area (Å²) in [6.07, 6.45) is 2.85. The Labute approximate surface area is 113 Å². The number of hydrogen-bond donors (Lipinski definition) is 1. The van der Waals surface area contributed by atoms with Crippen LogP contribution in [0.2, 0.25) is 0 Å². The molecule has 6 heteroatoms. The maximum atomic E-state index is 12.1. The number of nitrogens with zero attached hydrogens (tertiary/aromatic N) is 2. The zero-order valence-electron chi connectivity index (χ0n) is 10.7. The summed E-state index contributed by atoms with van der Waals surface area (Å²) in [6.45, 7) is 0. The van der Waals surface area contributed by atoms with Gasteiger partial charge in [-0.25, -0.2) is 8.42 Å². The molecule has 19 heavy (non-hydrogen) atoms. The van der Waals surface area contributed by atoms with E-state index < -0.39 is 10.0 Å². The monoisotopic (exact) mass is 277 g/mol. The Morgan fingerprint density at radius 3 is 2.32 bits per heavy atom. The highest BCUT2D eigenvalue weighted by Crippen LogP contribution is 2.18. The third-order valence-electron chi connectivity index (χ3n) is 2.58. The molecule has 0 aliphatic carbocycles. The van der Waals surface area contributed by atoms with E-state index in [1.54, 1.807) is 18.2 Å². The van der Waals surface area contributed by atoms with Crippen LogP contribution in [0.25, 0.3) is 0 Å². The first-order valence-electron chi connectivity index (χ1n) is 5.69. The summed E-state index contributed by atoms with van der Waals surface area (Å²) < 4.78 is 26.6. The molecule has 0 aliphatic heterocycles. The van der Waals surface area contributed by atoms with Crippen LogP contribution >= 0.6 is 0 Å². The van der Waals surface area contributed by atoms with Crippen molar-refractivity contribution in [1.29, 1.82) is 0 Å². The van der Waals surface area contributed by atoms with Crippen LogP contribution in [-0.4, -0.2) is 27.5 Å². The molecule has 1 N–H and O–H groups in total. The molecular weight excluding hydrogens is 262 g/mol. The van der Waals surface area contributed by atoms with Gasteiger partial charge in [0.05, 0.1) is 0 Å². The highest BCUT2D eigenvalue weighted by atomic mass is 32.2. The Hall–Kier alpha value is -2.08. The average molecular weight is 277 g/mol. The number of benzene rings is 1. The lowest BCUT2D eigenvalue weighted by molar-refractivity contribution is 0.601. The number of rotatable bonds is 4. The molecule has 1 heterocycles. The first kappa shape index (κ1) is 13.4. The van der Waals surface area contributed by atoms with Crippen molar-refractivity contribution in [2.45, 2.75) is 4.90 Å². The second-order valence-corrected chi connectivity index (χ2v) is 5.92. The Morgan fingerprint density at radius 1 is 1.11 bits per heavy atom. The number of aromatic nitrogens is 1. The zero-order chi connectivity index (χ0) is 13.9. The number of nitrogens with one attached hydrogen (secondary N) is 1. The van der Waals surface area contributed by atoms with Crippen molar-refractivity contribution in [3.05, 3.63) is 48.8 Å². The fraction of sp³-hybridized carbons (Fsp3) is 0.154. The lowest BCUT2D eigenvalue weighted by Gasteiger charge is -2.13. The van der Waals surface area contributed by atoms with E-state index in [1.807, 2.05) is 31.1 Å². The molecule has 2 rings (SSSR count). The second-order valence-electron chi connectivity index (χ2n) is 4.24. The third-order valence-corrected chi connectivity index (χ3v) is 3.95. The number of anilines is 2. The smallest absolute Gasteiger partial charge is 0.263 e. The van der Waals surface area contributed by atoms with Crippen molar-refractivity contribution in [1.82, 2.24) is 4.98 Å². The van der Waals surface area contributed by atoms with Crippen LogP contribution in [0, 0.1) is 0 Å². The second kappa shape index (κ2) is 5.27. The maximum Gasteiger partial charge on any atom is 0.263 e. The largest absolute Gasteiger partial charge is 0.378 e. The van der Waals surface area contributed by atoms with E-state index in [1.165, 1.54) is 18.5 Å². The Balaban J connectivity index is 2.21. The van der Waals surface area contributed by atoms with Crippen LogP contribution in [-0.2, 0) is 10.0 Å². The van der Waals surface area contributed by atoms with E-state index >= 15 is 0 Å². The molecule has 1 aromatic heterocycles. The molecule has 0 aliphatic rings. The molecule has 0 fully saturated rings. The lowest BCUT2D eigenvalue weighted by Crippen LogP contribution is -2.13. The Bertz CT molecular complexity index is 637.